The van der Waals surface area contributed by atoms with Gasteiger partial charge in [0, 0.05) is 11.8 Å². The van der Waals surface area contributed by atoms with Crippen LogP contribution >= 0.6 is 11.8 Å². The number of nitrogens with zero attached hydrogens (tertiary/aromatic N) is 1. The molecule has 88 valence electrons. The van der Waals surface area contributed by atoms with Gasteiger partial charge in [0.15, 0.2) is 5.17 Å². The maximum absolute atomic E-state index is 4.51. The highest BCUT2D eigenvalue weighted by Gasteiger charge is 2.22. The third-order valence-corrected chi connectivity index (χ3v) is 4.52. The second-order valence-corrected chi connectivity index (χ2v) is 6.73. The van der Waals surface area contributed by atoms with E-state index in [1.807, 2.05) is 11.8 Å². The molecule has 0 aromatic rings. The Hall–Kier alpha value is -0.180. The Bertz CT molecular complexity index is 230. The van der Waals surface area contributed by atoms with E-state index in [4.69, 9.17) is 0 Å². The molecule has 0 saturated heterocycles. The van der Waals surface area contributed by atoms with Gasteiger partial charge in [-0.25, -0.2) is 0 Å². The second-order valence-electron chi connectivity index (χ2n) is 5.44. The van der Waals surface area contributed by atoms with Crippen molar-refractivity contribution in [3.05, 3.63) is 0 Å². The van der Waals surface area contributed by atoms with Gasteiger partial charge in [0.25, 0.3) is 0 Å². The van der Waals surface area contributed by atoms with Crippen LogP contribution in [0.3, 0.4) is 0 Å². The minimum atomic E-state index is 0.376. The van der Waals surface area contributed by atoms with E-state index in [2.05, 4.69) is 44.9 Å². The minimum Gasteiger partial charge on any atom is -0.365 e. The van der Waals surface area contributed by atoms with Gasteiger partial charge in [0.05, 0.1) is 6.54 Å². The molecule has 0 bridgehead atoms. The van der Waals surface area contributed by atoms with Crippen LogP contribution in [0, 0.1) is 11.3 Å². The van der Waals surface area contributed by atoms with Gasteiger partial charge in [-0.15, -0.1) is 0 Å². The van der Waals surface area contributed by atoms with Crippen molar-refractivity contribution in [3.63, 3.8) is 0 Å². The van der Waals surface area contributed by atoms with Crippen molar-refractivity contribution in [1.82, 2.24) is 5.32 Å². The summed E-state index contributed by atoms with van der Waals surface area (Å²) in [5.74, 6) is 0.668. The summed E-state index contributed by atoms with van der Waals surface area (Å²) in [7, 11) is 0. The van der Waals surface area contributed by atoms with Crippen LogP contribution in [0.4, 0.5) is 0 Å². The molecular weight excluding hydrogens is 204 g/mol. The summed E-state index contributed by atoms with van der Waals surface area (Å²) in [6.45, 7) is 13.4. The fraction of sp³-hybridized carbons (Fsp3) is 0.917. The molecule has 0 spiro atoms. The molecule has 3 heteroatoms. The van der Waals surface area contributed by atoms with Crippen LogP contribution in [-0.4, -0.2) is 23.5 Å². The topological polar surface area (TPSA) is 24.4 Å². The molecule has 15 heavy (non-hydrogen) atoms. The quantitative estimate of drug-likeness (QED) is 0.802. The molecule has 0 aromatic heterocycles. The summed E-state index contributed by atoms with van der Waals surface area (Å²) in [4.78, 5) is 4.51. The van der Waals surface area contributed by atoms with Crippen LogP contribution in [-0.2, 0) is 0 Å². The molecule has 1 rings (SSSR count). The first kappa shape index (κ1) is 12.9. The van der Waals surface area contributed by atoms with Crippen LogP contribution in [0.15, 0.2) is 4.99 Å². The summed E-state index contributed by atoms with van der Waals surface area (Å²) < 4.78 is 0. The van der Waals surface area contributed by atoms with E-state index in [1.54, 1.807) is 0 Å². The molecule has 0 saturated carbocycles. The van der Waals surface area contributed by atoms with Gasteiger partial charge >= 0.3 is 0 Å². The van der Waals surface area contributed by atoms with E-state index >= 15 is 0 Å². The maximum Gasteiger partial charge on any atom is 0.156 e. The summed E-state index contributed by atoms with van der Waals surface area (Å²) in [5, 5.41) is 5.32. The number of hydrogen-bond donors (Lipinski definition) is 1. The van der Waals surface area contributed by atoms with Crippen molar-refractivity contribution in [1.29, 1.82) is 0 Å². The zero-order valence-corrected chi connectivity index (χ0v) is 11.4. The molecule has 0 aromatic carbocycles. The van der Waals surface area contributed by atoms with E-state index in [0.717, 1.165) is 18.3 Å². The Morgan fingerprint density at radius 3 is 2.67 bits per heavy atom. The van der Waals surface area contributed by atoms with Crippen molar-refractivity contribution in [3.8, 4) is 0 Å². The van der Waals surface area contributed by atoms with Crippen molar-refractivity contribution in [2.75, 3.05) is 13.1 Å². The van der Waals surface area contributed by atoms with E-state index in [9.17, 15) is 0 Å². The van der Waals surface area contributed by atoms with E-state index in [0.29, 0.717) is 16.6 Å². The van der Waals surface area contributed by atoms with E-state index in [-0.39, 0.29) is 0 Å². The first-order chi connectivity index (χ1) is 6.93. The summed E-state index contributed by atoms with van der Waals surface area (Å²) >= 11 is 1.90. The summed E-state index contributed by atoms with van der Waals surface area (Å²) in [6, 6.07) is 0. The van der Waals surface area contributed by atoms with Gasteiger partial charge in [0.1, 0.15) is 0 Å². The predicted octanol–water partition coefficient (Wildman–Crippen LogP) is 3.14. The number of nitrogens with one attached hydrogen (secondary N) is 1. The van der Waals surface area contributed by atoms with Crippen molar-refractivity contribution in [2.24, 2.45) is 16.3 Å². The van der Waals surface area contributed by atoms with Gasteiger partial charge in [-0.3, -0.25) is 4.99 Å². The third-order valence-electron chi connectivity index (χ3n) is 3.21. The van der Waals surface area contributed by atoms with Crippen LogP contribution < -0.4 is 5.32 Å². The smallest absolute Gasteiger partial charge is 0.156 e. The molecular formula is C12H24N2S. The normalized spacial score (nSPS) is 23.8. The number of rotatable bonds is 3. The molecule has 2 atom stereocenters. The highest BCUT2D eigenvalue weighted by molar-refractivity contribution is 8.14. The molecule has 1 aliphatic heterocycles. The van der Waals surface area contributed by atoms with Crippen LogP contribution in [0.1, 0.15) is 41.0 Å². The lowest BCUT2D eigenvalue weighted by molar-refractivity contribution is 0.262. The largest absolute Gasteiger partial charge is 0.365 e. The van der Waals surface area contributed by atoms with Crippen molar-refractivity contribution < 1.29 is 0 Å². The second kappa shape index (κ2) is 5.24. The van der Waals surface area contributed by atoms with E-state index in [1.165, 1.54) is 6.42 Å². The highest BCUT2D eigenvalue weighted by Crippen LogP contribution is 2.26. The fourth-order valence-corrected chi connectivity index (χ4v) is 2.22. The molecule has 0 radical (unpaired) electrons. The Kier molecular flexibility index (Phi) is 4.50. The van der Waals surface area contributed by atoms with Gasteiger partial charge in [0.2, 0.25) is 0 Å². The van der Waals surface area contributed by atoms with Gasteiger partial charge in [-0.2, -0.15) is 0 Å². The molecule has 2 unspecified atom stereocenters. The van der Waals surface area contributed by atoms with Crippen LogP contribution in [0.5, 0.6) is 0 Å². The van der Waals surface area contributed by atoms with Crippen molar-refractivity contribution >= 4 is 16.9 Å². The predicted molar refractivity (Wildman–Crippen MR) is 70.6 cm³/mol. The average Bonchev–Trinajstić information content (AvgIpc) is 2.60. The highest BCUT2D eigenvalue weighted by atomic mass is 32.2. The zero-order chi connectivity index (χ0) is 11.5. The molecule has 0 fully saturated rings. The number of hydrogen-bond acceptors (Lipinski definition) is 3. The fourth-order valence-electron chi connectivity index (χ4n) is 1.27. The minimum absolute atomic E-state index is 0.376. The first-order valence-electron chi connectivity index (χ1n) is 5.88. The SMILES string of the molecule is CCC1CN=C(NCC(C)C(C)(C)C)S1. The Morgan fingerprint density at radius 2 is 2.20 bits per heavy atom. The lowest BCUT2D eigenvalue weighted by Crippen LogP contribution is -2.32. The van der Waals surface area contributed by atoms with Gasteiger partial charge in [-0.1, -0.05) is 46.4 Å². The molecule has 1 N–H and O–H groups in total. The molecule has 2 nitrogen and oxygen atoms in total. The van der Waals surface area contributed by atoms with Crippen LogP contribution in [0.2, 0.25) is 0 Å². The maximum atomic E-state index is 4.51. The molecule has 0 aliphatic carbocycles. The lowest BCUT2D eigenvalue weighted by Gasteiger charge is -2.27. The van der Waals surface area contributed by atoms with Crippen LogP contribution in [0.25, 0.3) is 0 Å². The van der Waals surface area contributed by atoms with Gasteiger partial charge in [-0.05, 0) is 17.8 Å². The van der Waals surface area contributed by atoms with Crippen molar-refractivity contribution in [2.45, 2.75) is 46.3 Å². The Balaban J connectivity index is 2.27. The number of thioether (sulfide) groups is 1. The first-order valence-corrected chi connectivity index (χ1v) is 6.76. The molecule has 1 heterocycles. The Labute approximate surface area is 98.3 Å². The standard InChI is InChI=1S/C12H24N2S/c1-6-10-8-14-11(15-10)13-7-9(2)12(3,4)5/h9-10H,6-8H2,1-5H3,(H,13,14). The number of aliphatic imine (C=N–C) groups is 1. The summed E-state index contributed by atoms with van der Waals surface area (Å²) in [5.41, 5.74) is 0.376. The number of amidine groups is 1. The molecule has 1 aliphatic rings. The lowest BCUT2D eigenvalue weighted by atomic mass is 9.82. The average molecular weight is 228 g/mol. The Morgan fingerprint density at radius 1 is 1.53 bits per heavy atom. The third kappa shape index (κ3) is 4.06. The monoisotopic (exact) mass is 228 g/mol. The van der Waals surface area contributed by atoms with Gasteiger partial charge < -0.3 is 5.32 Å². The summed E-state index contributed by atoms with van der Waals surface area (Å²) in [6.07, 6.45) is 1.22. The van der Waals surface area contributed by atoms with E-state index < -0.39 is 0 Å². The molecule has 0 amide bonds. The zero-order valence-electron chi connectivity index (χ0n) is 10.6.